The van der Waals surface area contributed by atoms with E-state index < -0.39 is 44.0 Å². The van der Waals surface area contributed by atoms with Crippen LogP contribution in [0.25, 0.3) is 0 Å². The van der Waals surface area contributed by atoms with Crippen molar-refractivity contribution in [1.82, 2.24) is 9.62 Å². The van der Waals surface area contributed by atoms with Gasteiger partial charge in [-0.3, -0.25) is 9.79 Å². The first-order chi connectivity index (χ1) is 14.5. The molecule has 2 heterocycles. The summed E-state index contributed by atoms with van der Waals surface area (Å²) < 4.78 is 78.8. The van der Waals surface area contributed by atoms with Crippen molar-refractivity contribution in [3.05, 3.63) is 65.5 Å². The van der Waals surface area contributed by atoms with Gasteiger partial charge in [0, 0.05) is 31.5 Å². The summed E-state index contributed by atoms with van der Waals surface area (Å²) in [5.41, 5.74) is -1.47. The Morgan fingerprint density at radius 3 is 2.29 bits per heavy atom. The molecular formula is C20H17F4N3O3S. The molecular weight excluding hydrogens is 438 g/mol. The molecule has 1 saturated heterocycles. The quantitative estimate of drug-likeness (QED) is 0.723. The van der Waals surface area contributed by atoms with Crippen LogP contribution in [0.1, 0.15) is 24.0 Å². The maximum atomic E-state index is 13.1. The van der Waals surface area contributed by atoms with Gasteiger partial charge in [0.1, 0.15) is 17.2 Å². The lowest BCUT2D eigenvalue weighted by Gasteiger charge is -2.36. The van der Waals surface area contributed by atoms with Gasteiger partial charge in [-0.25, -0.2) is 12.8 Å². The van der Waals surface area contributed by atoms with Gasteiger partial charge < -0.3 is 5.32 Å². The molecule has 0 aliphatic carbocycles. The van der Waals surface area contributed by atoms with E-state index in [1.165, 1.54) is 24.3 Å². The summed E-state index contributed by atoms with van der Waals surface area (Å²) in [6.45, 7) is -0.0574. The second kappa shape index (κ2) is 7.41. The number of carbonyl (C=O) groups is 1. The highest BCUT2D eigenvalue weighted by molar-refractivity contribution is 7.89. The molecule has 31 heavy (non-hydrogen) atoms. The van der Waals surface area contributed by atoms with Gasteiger partial charge in [-0.2, -0.15) is 17.5 Å². The number of amides is 1. The molecule has 0 saturated carbocycles. The van der Waals surface area contributed by atoms with Crippen LogP contribution in [0.3, 0.4) is 0 Å². The average Bonchev–Trinajstić information content (AvgIpc) is 3.04. The first-order valence-electron chi connectivity index (χ1n) is 9.36. The van der Waals surface area contributed by atoms with E-state index in [2.05, 4.69) is 10.3 Å². The third-order valence-corrected chi connectivity index (χ3v) is 7.25. The van der Waals surface area contributed by atoms with Gasteiger partial charge in [-0.05, 0) is 42.5 Å². The van der Waals surface area contributed by atoms with E-state index in [9.17, 15) is 30.8 Å². The predicted octanol–water partition coefficient (Wildman–Crippen LogP) is 2.94. The molecule has 11 heteroatoms. The second-order valence-electron chi connectivity index (χ2n) is 7.38. The Morgan fingerprint density at radius 1 is 1.03 bits per heavy atom. The molecule has 1 amide bonds. The van der Waals surface area contributed by atoms with E-state index in [-0.39, 0.29) is 31.6 Å². The van der Waals surface area contributed by atoms with E-state index in [0.29, 0.717) is 11.6 Å². The number of piperidine rings is 1. The van der Waals surface area contributed by atoms with Crippen LogP contribution in [0.5, 0.6) is 0 Å². The van der Waals surface area contributed by atoms with Gasteiger partial charge in [0.05, 0.1) is 10.5 Å². The molecule has 0 bridgehead atoms. The monoisotopic (exact) mass is 455 g/mol. The molecule has 164 valence electrons. The Labute approximate surface area is 175 Å². The maximum Gasteiger partial charge on any atom is 0.416 e. The SMILES string of the molecule is O=C1NC2(CCN(S(=O)(=O)c3cccc(C(F)(F)F)c3)CC2)N=C1c1ccc(F)cc1. The summed E-state index contributed by atoms with van der Waals surface area (Å²) in [7, 11) is -4.14. The zero-order valence-electron chi connectivity index (χ0n) is 16.0. The molecule has 0 radical (unpaired) electrons. The molecule has 6 nitrogen and oxygen atoms in total. The lowest BCUT2D eigenvalue weighted by Crippen LogP contribution is -2.52. The minimum absolute atomic E-state index is 0.0287. The van der Waals surface area contributed by atoms with Gasteiger partial charge in [0.2, 0.25) is 10.0 Å². The fourth-order valence-electron chi connectivity index (χ4n) is 3.68. The zero-order valence-corrected chi connectivity index (χ0v) is 16.8. The highest BCUT2D eigenvalue weighted by atomic mass is 32.2. The number of rotatable bonds is 3. The summed E-state index contributed by atoms with van der Waals surface area (Å²) in [6.07, 6.45) is -4.35. The number of nitrogens with one attached hydrogen (secondary N) is 1. The fraction of sp³-hybridized carbons (Fsp3) is 0.300. The maximum absolute atomic E-state index is 13.1. The van der Waals surface area contributed by atoms with E-state index in [1.807, 2.05) is 0 Å². The minimum atomic E-state index is -4.66. The fourth-order valence-corrected chi connectivity index (χ4v) is 5.17. The number of nitrogens with zero attached hydrogens (tertiary/aromatic N) is 2. The van der Waals surface area contributed by atoms with Crippen molar-refractivity contribution in [2.24, 2.45) is 4.99 Å². The number of alkyl halides is 3. The van der Waals surface area contributed by atoms with Crippen molar-refractivity contribution in [2.75, 3.05) is 13.1 Å². The van der Waals surface area contributed by atoms with Crippen molar-refractivity contribution in [3.8, 4) is 0 Å². The highest BCUT2D eigenvalue weighted by Crippen LogP contribution is 2.34. The minimum Gasteiger partial charge on any atom is -0.326 e. The Morgan fingerprint density at radius 2 is 1.68 bits per heavy atom. The number of hydrogen-bond acceptors (Lipinski definition) is 4. The van der Waals surface area contributed by atoms with Gasteiger partial charge in [-0.15, -0.1) is 0 Å². The van der Waals surface area contributed by atoms with Crippen molar-refractivity contribution < 1.29 is 30.8 Å². The van der Waals surface area contributed by atoms with Crippen LogP contribution >= 0.6 is 0 Å². The molecule has 0 aromatic heterocycles. The van der Waals surface area contributed by atoms with Crippen LogP contribution in [0.15, 0.2) is 58.4 Å². The molecule has 2 aliphatic rings. The van der Waals surface area contributed by atoms with Crippen LogP contribution < -0.4 is 5.32 Å². The number of carbonyl (C=O) groups excluding carboxylic acids is 1. The van der Waals surface area contributed by atoms with Gasteiger partial charge in [-0.1, -0.05) is 6.07 Å². The summed E-state index contributed by atoms with van der Waals surface area (Å²) in [5.74, 6) is -0.897. The van der Waals surface area contributed by atoms with Gasteiger partial charge in [0.15, 0.2) is 0 Å². The standard InChI is InChI=1S/C20H17F4N3O3S/c21-15-6-4-13(5-7-15)17-18(28)26-19(25-17)8-10-27(11-9-19)31(29,30)16-3-1-2-14(12-16)20(22,23)24/h1-7,12H,8-11H2,(H,26,28). The first kappa shape index (κ1) is 21.4. The van der Waals surface area contributed by atoms with Gasteiger partial charge >= 0.3 is 6.18 Å². The van der Waals surface area contributed by atoms with E-state index in [1.54, 1.807) is 0 Å². The highest BCUT2D eigenvalue weighted by Gasteiger charge is 2.44. The Balaban J connectivity index is 1.53. The van der Waals surface area contributed by atoms with Crippen LogP contribution in [0.4, 0.5) is 17.6 Å². The molecule has 1 N–H and O–H groups in total. The Hall–Kier alpha value is -2.79. The topological polar surface area (TPSA) is 78.8 Å². The van der Waals surface area contributed by atoms with Crippen molar-refractivity contribution in [3.63, 3.8) is 0 Å². The third kappa shape index (κ3) is 4.07. The Bertz CT molecular complexity index is 1150. The molecule has 2 aliphatic heterocycles. The van der Waals surface area contributed by atoms with Crippen LogP contribution in [-0.2, 0) is 21.0 Å². The molecule has 2 aromatic rings. The Kier molecular flexibility index (Phi) is 5.13. The number of benzene rings is 2. The lowest BCUT2D eigenvalue weighted by molar-refractivity contribution is -0.137. The summed E-state index contributed by atoms with van der Waals surface area (Å²) in [6, 6.07) is 8.88. The summed E-state index contributed by atoms with van der Waals surface area (Å²) in [4.78, 5) is 16.4. The average molecular weight is 455 g/mol. The molecule has 4 rings (SSSR count). The predicted molar refractivity (Wildman–Crippen MR) is 103 cm³/mol. The summed E-state index contributed by atoms with van der Waals surface area (Å²) in [5, 5.41) is 2.77. The second-order valence-corrected chi connectivity index (χ2v) is 9.32. The van der Waals surface area contributed by atoms with Crippen LogP contribution in [0, 0.1) is 5.82 Å². The largest absolute Gasteiger partial charge is 0.416 e. The number of hydrogen-bond donors (Lipinski definition) is 1. The van der Waals surface area contributed by atoms with Gasteiger partial charge in [0.25, 0.3) is 5.91 Å². The van der Waals surface area contributed by atoms with Crippen molar-refractivity contribution >= 4 is 21.6 Å². The smallest absolute Gasteiger partial charge is 0.326 e. The first-order valence-corrected chi connectivity index (χ1v) is 10.8. The number of halogens is 4. The zero-order chi connectivity index (χ0) is 22.4. The van der Waals surface area contributed by atoms with E-state index in [4.69, 9.17) is 0 Å². The van der Waals surface area contributed by atoms with Crippen LogP contribution in [0.2, 0.25) is 0 Å². The normalized spacial score (nSPS) is 19.4. The number of sulfonamides is 1. The van der Waals surface area contributed by atoms with Crippen molar-refractivity contribution in [1.29, 1.82) is 0 Å². The third-order valence-electron chi connectivity index (χ3n) is 5.35. The van der Waals surface area contributed by atoms with E-state index in [0.717, 1.165) is 22.5 Å². The molecule has 1 spiro atoms. The lowest BCUT2D eigenvalue weighted by atomic mass is 10.00. The molecule has 0 atom stereocenters. The molecule has 0 unspecified atom stereocenters. The van der Waals surface area contributed by atoms with Crippen LogP contribution in [-0.4, -0.2) is 43.1 Å². The molecule has 2 aromatic carbocycles. The van der Waals surface area contributed by atoms with Crippen molar-refractivity contribution in [2.45, 2.75) is 29.6 Å². The number of aliphatic imine (C=N–C) groups is 1. The summed E-state index contributed by atoms with van der Waals surface area (Å²) >= 11 is 0. The van der Waals surface area contributed by atoms with E-state index >= 15 is 0 Å². The molecule has 1 fully saturated rings.